The van der Waals surface area contributed by atoms with Gasteiger partial charge in [-0.3, -0.25) is 18.8 Å². The van der Waals surface area contributed by atoms with Crippen LogP contribution in [0.1, 0.15) is 153 Å². The van der Waals surface area contributed by atoms with Crippen LogP contribution in [0, 0.1) is 0 Å². The van der Waals surface area contributed by atoms with Gasteiger partial charge in [0.25, 0.3) is 5.56 Å². The highest BCUT2D eigenvalue weighted by molar-refractivity contribution is 6.37. The minimum atomic E-state index is -0.428. The number of carbonyl (C=O) groups excluding carboxylic acids is 2. The van der Waals surface area contributed by atoms with E-state index in [0.29, 0.717) is 5.39 Å². The summed E-state index contributed by atoms with van der Waals surface area (Å²) >= 11 is 0. The molecule has 2 spiro atoms. The van der Waals surface area contributed by atoms with E-state index in [1.807, 2.05) is 4.40 Å². The Morgan fingerprint density at radius 1 is 0.355 bits per heavy atom. The van der Waals surface area contributed by atoms with Gasteiger partial charge < -0.3 is 4.40 Å². The third-order valence-corrected chi connectivity index (χ3v) is 20.6. The summed E-state index contributed by atoms with van der Waals surface area (Å²) in [4.78, 5) is 47.4. The molecule has 0 saturated carbocycles. The topological polar surface area (TPSA) is 60.0 Å². The van der Waals surface area contributed by atoms with Gasteiger partial charge in [-0.25, -0.2) is 0 Å². The molecule has 6 aliphatic carbocycles. The van der Waals surface area contributed by atoms with Gasteiger partial charge in [0.1, 0.15) is 0 Å². The van der Waals surface area contributed by atoms with Crippen molar-refractivity contribution in [3.63, 3.8) is 0 Å². The van der Waals surface area contributed by atoms with E-state index in [9.17, 15) is 0 Å². The Balaban J connectivity index is 1.00. The van der Waals surface area contributed by atoms with E-state index < -0.39 is 10.8 Å². The van der Waals surface area contributed by atoms with Gasteiger partial charge in [-0.2, -0.15) is 0 Å². The van der Waals surface area contributed by atoms with Crippen LogP contribution in [-0.4, -0.2) is 20.4 Å². The number of hydrogen-bond donors (Lipinski definition) is 0. The molecule has 5 heteroatoms. The van der Waals surface area contributed by atoms with Crippen LogP contribution < -0.4 is 5.56 Å². The smallest absolute Gasteiger partial charge is 0.263 e. The Morgan fingerprint density at radius 3 is 1.34 bits per heavy atom. The zero-order chi connectivity index (χ0) is 50.7. The Kier molecular flexibility index (Phi) is 6.62. The summed E-state index contributed by atoms with van der Waals surface area (Å²) in [6, 6.07) is 57.4. The Hall–Kier alpha value is -8.41. The summed E-state index contributed by atoms with van der Waals surface area (Å²) < 4.78 is 4.38. The van der Waals surface area contributed by atoms with Crippen LogP contribution in [0.15, 0.2) is 163 Å². The number of Topliss-reactive ketones (excluding diaryl/α,β-unsaturated/α-hetero) is 2. The number of ketones is 2. The lowest BCUT2D eigenvalue weighted by Crippen LogP contribution is -2.61. The standard InChI is InChI=1S/C71H48N2O3/c1-68(2,3)33-23-24-54-39(25-33)43-26-34(69(4,5)6)27-48-57-49(67(76)73(54)63(43)48)30-44-40-28-41-45(65(74)61-37-17-9-13-21-52(37)70(61)50-19-11-7-15-35(50)59(41)70)31-55(40)72-56-32-46-42(29-47(56)58(57)64(44)72)60-36-16-8-12-20-51(36)71(60)53-22-14-10-18-38(53)62(71)66(46)75/h7-32,59-62H,1-6H3. The van der Waals surface area contributed by atoms with E-state index in [1.54, 1.807) is 0 Å². The minimum Gasteiger partial charge on any atom is -0.308 e. The van der Waals surface area contributed by atoms with Crippen molar-refractivity contribution < 1.29 is 9.59 Å². The first-order valence-electron chi connectivity index (χ1n) is 27.3. The number of fused-ring (bicyclic) bond motifs is 24. The van der Waals surface area contributed by atoms with Gasteiger partial charge in [-0.1, -0.05) is 145 Å². The fourth-order valence-electron chi connectivity index (χ4n) is 17.5. The van der Waals surface area contributed by atoms with Crippen LogP contribution in [0.3, 0.4) is 0 Å². The predicted molar refractivity (Wildman–Crippen MR) is 305 cm³/mol. The molecular formula is C71H48N2O3. The molecule has 19 rings (SSSR count). The minimum absolute atomic E-state index is 0.00822. The van der Waals surface area contributed by atoms with E-state index in [-0.39, 0.29) is 51.6 Å². The fourth-order valence-corrected chi connectivity index (χ4v) is 17.5. The van der Waals surface area contributed by atoms with Crippen LogP contribution in [0.25, 0.3) is 76.1 Å². The monoisotopic (exact) mass is 976 g/mol. The Bertz CT molecular complexity index is 5130. The van der Waals surface area contributed by atoms with Crippen molar-refractivity contribution in [3.8, 4) is 0 Å². The van der Waals surface area contributed by atoms with Crippen molar-refractivity contribution in [2.75, 3.05) is 0 Å². The number of benzene rings is 9. The van der Waals surface area contributed by atoms with Crippen LogP contribution in [0.5, 0.6) is 0 Å². The zero-order valence-electron chi connectivity index (χ0n) is 42.9. The second-order valence-corrected chi connectivity index (χ2v) is 25.7. The highest BCUT2D eigenvalue weighted by Gasteiger charge is 2.70. The summed E-state index contributed by atoms with van der Waals surface area (Å²) in [5.41, 5.74) is 19.5. The first kappa shape index (κ1) is 40.9. The molecule has 0 radical (unpaired) electrons. The molecule has 76 heavy (non-hydrogen) atoms. The van der Waals surface area contributed by atoms with E-state index in [4.69, 9.17) is 0 Å². The summed E-state index contributed by atoms with van der Waals surface area (Å²) in [7, 11) is 0. The van der Waals surface area contributed by atoms with Gasteiger partial charge in [-0.15, -0.1) is 0 Å². The molecular weight excluding hydrogens is 929 g/mol. The Labute approximate surface area is 436 Å². The first-order valence-corrected chi connectivity index (χ1v) is 27.3. The van der Waals surface area contributed by atoms with Gasteiger partial charge in [0.05, 0.1) is 39.4 Å². The molecule has 0 aliphatic heterocycles. The second-order valence-electron chi connectivity index (χ2n) is 25.7. The molecule has 5 nitrogen and oxygen atoms in total. The molecule has 0 bridgehead atoms. The van der Waals surface area contributed by atoms with Crippen LogP contribution in [0.2, 0.25) is 0 Å². The van der Waals surface area contributed by atoms with Crippen molar-refractivity contribution >= 4 is 87.6 Å². The molecule has 4 heterocycles. The van der Waals surface area contributed by atoms with Gasteiger partial charge in [0.15, 0.2) is 11.6 Å². The highest BCUT2D eigenvalue weighted by atomic mass is 16.1. The van der Waals surface area contributed by atoms with Crippen molar-refractivity contribution in [3.05, 3.63) is 246 Å². The number of pyridine rings is 1. The lowest BCUT2D eigenvalue weighted by Gasteiger charge is -2.64. The summed E-state index contributed by atoms with van der Waals surface area (Å²) in [6.07, 6.45) is 0. The molecule has 13 aromatic rings. The van der Waals surface area contributed by atoms with E-state index in [0.717, 1.165) is 104 Å². The maximum atomic E-state index is 16.1. The predicted octanol–water partition coefficient (Wildman–Crippen LogP) is 15.4. The van der Waals surface area contributed by atoms with Crippen LogP contribution >= 0.6 is 0 Å². The Morgan fingerprint density at radius 2 is 0.803 bits per heavy atom. The van der Waals surface area contributed by atoms with Gasteiger partial charge in [0, 0.05) is 82.3 Å². The normalized spacial score (nSPS) is 23.3. The molecule has 0 N–H and O–H groups in total. The van der Waals surface area contributed by atoms with Gasteiger partial charge >= 0.3 is 0 Å². The molecule has 4 aromatic heterocycles. The quantitative estimate of drug-likeness (QED) is 0.142. The summed E-state index contributed by atoms with van der Waals surface area (Å²) in [5, 5.41) is 8.91. The second kappa shape index (κ2) is 12.3. The lowest BCUT2D eigenvalue weighted by molar-refractivity contribution is 0.0839. The average molecular weight is 977 g/mol. The molecule has 6 aliphatic rings. The number of aromatic nitrogens is 2. The van der Waals surface area contributed by atoms with Crippen LogP contribution in [-0.2, 0) is 21.7 Å². The maximum absolute atomic E-state index is 16.1. The molecule has 6 atom stereocenters. The molecule has 0 fully saturated rings. The van der Waals surface area contributed by atoms with E-state index >= 15 is 14.4 Å². The largest absolute Gasteiger partial charge is 0.308 e. The number of rotatable bonds is 0. The number of nitrogens with zero attached hydrogens (tertiary/aromatic N) is 2. The zero-order valence-corrected chi connectivity index (χ0v) is 42.9. The van der Waals surface area contributed by atoms with Crippen molar-refractivity contribution in [2.45, 2.75) is 86.9 Å². The molecule has 6 unspecified atom stereocenters. The summed E-state index contributed by atoms with van der Waals surface area (Å²) in [6.45, 7) is 13.6. The van der Waals surface area contributed by atoms with Crippen LogP contribution in [0.4, 0.5) is 0 Å². The van der Waals surface area contributed by atoms with Gasteiger partial charge in [0.2, 0.25) is 0 Å². The maximum Gasteiger partial charge on any atom is 0.263 e. The molecule has 0 amide bonds. The van der Waals surface area contributed by atoms with E-state index in [1.165, 1.54) is 44.5 Å². The number of hydrogen-bond acceptors (Lipinski definition) is 3. The number of carbonyl (C=O) groups is 2. The molecule has 360 valence electrons. The van der Waals surface area contributed by atoms with Crippen molar-refractivity contribution in [1.82, 2.24) is 8.80 Å². The highest BCUT2D eigenvalue weighted by Crippen LogP contribution is 2.75. The van der Waals surface area contributed by atoms with Crippen molar-refractivity contribution in [2.24, 2.45) is 0 Å². The third-order valence-electron chi connectivity index (χ3n) is 20.6. The summed E-state index contributed by atoms with van der Waals surface area (Å²) in [5.74, 6) is -0.220. The third kappa shape index (κ3) is 4.03. The molecule has 9 aromatic carbocycles. The van der Waals surface area contributed by atoms with E-state index in [2.05, 4.69) is 204 Å². The SMILES string of the molecule is CC(C)(C)c1ccc2c(c1)c1cc(C(C)(C)C)cc3c4c(cc5c6cc7c(cc6n6c8cc9c(cc8c4c56)C4c5ccccc5C45c4ccccc4C5C9=O)C(=O)C4c5ccccc5C45c4ccccc4C75)c(=O)n2c13. The fraction of sp³-hybridized carbons (Fsp3) is 0.197. The lowest BCUT2D eigenvalue weighted by atomic mass is 9.36. The average Bonchev–Trinajstić information content (AvgIpc) is 4.16. The molecule has 0 saturated heterocycles. The first-order chi connectivity index (χ1) is 36.7. The van der Waals surface area contributed by atoms with Gasteiger partial charge in [-0.05, 0) is 132 Å². The van der Waals surface area contributed by atoms with Crippen molar-refractivity contribution in [1.29, 1.82) is 0 Å².